The largest absolute Gasteiger partial charge is 0.384 e. The molecule has 19 heavy (non-hydrogen) atoms. The van der Waals surface area contributed by atoms with Crippen LogP contribution in [-0.4, -0.2) is 55.5 Å². The number of nitrogens with zero attached hydrogens (tertiary/aromatic N) is 2. The van der Waals surface area contributed by atoms with E-state index in [1.165, 1.54) is 11.3 Å². The molecular formula is C15H21N3O. The Kier molecular flexibility index (Phi) is 3.42. The molecule has 2 aliphatic heterocycles. The number of nitrogens with one attached hydrogen (secondary N) is 1. The minimum Gasteiger partial charge on any atom is -0.384 e. The third-order valence-electron chi connectivity index (χ3n) is 4.22. The molecule has 1 unspecified atom stereocenters. The first-order chi connectivity index (χ1) is 9.24. The van der Waals surface area contributed by atoms with E-state index < -0.39 is 0 Å². The van der Waals surface area contributed by atoms with Crippen molar-refractivity contribution in [3.63, 3.8) is 0 Å². The van der Waals surface area contributed by atoms with Crippen LogP contribution in [0.1, 0.15) is 17.9 Å². The number of fused-ring (bicyclic) bond motifs is 1. The monoisotopic (exact) mass is 259 g/mol. The van der Waals surface area contributed by atoms with Gasteiger partial charge in [-0.05, 0) is 18.7 Å². The van der Waals surface area contributed by atoms with Gasteiger partial charge < -0.3 is 15.1 Å². The molecule has 1 saturated heterocycles. The first-order valence-electron chi connectivity index (χ1n) is 7.03. The first kappa shape index (κ1) is 12.5. The molecule has 1 amide bonds. The Balaban J connectivity index is 1.62. The van der Waals surface area contributed by atoms with Crippen LogP contribution in [0.25, 0.3) is 0 Å². The lowest BCUT2D eigenvalue weighted by molar-refractivity contribution is -0.133. The summed E-state index contributed by atoms with van der Waals surface area (Å²) in [6.45, 7) is 4.61. The van der Waals surface area contributed by atoms with E-state index in [1.807, 2.05) is 11.0 Å². The first-order valence-corrected chi connectivity index (χ1v) is 7.03. The predicted octanol–water partition coefficient (Wildman–Crippen LogP) is 1.36. The smallest absolute Gasteiger partial charge is 0.223 e. The Bertz CT molecular complexity index is 466. The molecule has 1 aromatic carbocycles. The highest BCUT2D eigenvalue weighted by atomic mass is 16.2. The van der Waals surface area contributed by atoms with Crippen molar-refractivity contribution in [3.05, 3.63) is 29.8 Å². The zero-order valence-electron chi connectivity index (χ0n) is 11.4. The lowest BCUT2D eigenvalue weighted by Crippen LogP contribution is -2.47. The van der Waals surface area contributed by atoms with Crippen LogP contribution >= 0.6 is 0 Å². The Labute approximate surface area is 114 Å². The van der Waals surface area contributed by atoms with Crippen LogP contribution in [0.4, 0.5) is 5.69 Å². The van der Waals surface area contributed by atoms with Crippen LogP contribution in [0.2, 0.25) is 0 Å². The number of likely N-dealkylation sites (N-methyl/N-ethyl adjacent to an activating group) is 1. The van der Waals surface area contributed by atoms with Crippen molar-refractivity contribution in [2.75, 3.05) is 45.1 Å². The molecule has 2 aliphatic rings. The molecule has 1 atom stereocenters. The van der Waals surface area contributed by atoms with Crippen molar-refractivity contribution >= 4 is 11.6 Å². The van der Waals surface area contributed by atoms with Gasteiger partial charge in [0, 0.05) is 50.7 Å². The van der Waals surface area contributed by atoms with E-state index in [2.05, 4.69) is 35.5 Å². The minimum atomic E-state index is 0.302. The SMILES string of the molecule is CN1CCN(C(=O)CC2CNc3ccccc32)CC1. The van der Waals surface area contributed by atoms with Crippen molar-refractivity contribution < 1.29 is 4.79 Å². The Hall–Kier alpha value is -1.55. The van der Waals surface area contributed by atoms with Crippen LogP contribution in [0, 0.1) is 0 Å². The van der Waals surface area contributed by atoms with Crippen LogP contribution in [0.3, 0.4) is 0 Å². The number of benzene rings is 1. The average Bonchev–Trinajstić information content (AvgIpc) is 2.83. The zero-order valence-corrected chi connectivity index (χ0v) is 11.4. The fourth-order valence-corrected chi connectivity index (χ4v) is 2.93. The van der Waals surface area contributed by atoms with Gasteiger partial charge in [-0.25, -0.2) is 0 Å². The number of carbonyl (C=O) groups excluding carboxylic acids is 1. The number of anilines is 1. The van der Waals surface area contributed by atoms with Crippen molar-refractivity contribution in [3.8, 4) is 0 Å². The van der Waals surface area contributed by atoms with Gasteiger partial charge in [-0.2, -0.15) is 0 Å². The fraction of sp³-hybridized carbons (Fsp3) is 0.533. The number of amides is 1. The van der Waals surface area contributed by atoms with E-state index in [0.717, 1.165) is 32.7 Å². The van der Waals surface area contributed by atoms with Gasteiger partial charge in [0.05, 0.1) is 0 Å². The number of carbonyl (C=O) groups is 1. The van der Waals surface area contributed by atoms with Crippen LogP contribution in [0.5, 0.6) is 0 Å². The van der Waals surface area contributed by atoms with E-state index in [1.54, 1.807) is 0 Å². The molecule has 1 N–H and O–H groups in total. The molecular weight excluding hydrogens is 238 g/mol. The summed E-state index contributed by atoms with van der Waals surface area (Å²) in [7, 11) is 2.11. The molecule has 0 radical (unpaired) electrons. The number of hydrogen-bond donors (Lipinski definition) is 1. The van der Waals surface area contributed by atoms with Gasteiger partial charge in [-0.1, -0.05) is 18.2 Å². The molecule has 0 aliphatic carbocycles. The normalized spacial score (nSPS) is 23.0. The number of rotatable bonds is 2. The van der Waals surface area contributed by atoms with E-state index in [9.17, 15) is 4.79 Å². The summed E-state index contributed by atoms with van der Waals surface area (Å²) >= 11 is 0. The van der Waals surface area contributed by atoms with Gasteiger partial charge in [0.25, 0.3) is 0 Å². The standard InChI is InChI=1S/C15H21N3O/c1-17-6-8-18(9-7-17)15(19)10-12-11-16-14-5-3-2-4-13(12)14/h2-5,12,16H,6-11H2,1H3. The Morgan fingerprint density at radius 2 is 2.00 bits per heavy atom. The molecule has 2 heterocycles. The second-order valence-corrected chi connectivity index (χ2v) is 5.55. The zero-order chi connectivity index (χ0) is 13.2. The second-order valence-electron chi connectivity index (χ2n) is 5.55. The summed E-state index contributed by atoms with van der Waals surface area (Å²) in [5, 5.41) is 3.39. The second kappa shape index (κ2) is 5.21. The molecule has 0 bridgehead atoms. The molecule has 0 aromatic heterocycles. The van der Waals surface area contributed by atoms with Crippen molar-refractivity contribution in [2.45, 2.75) is 12.3 Å². The molecule has 4 nitrogen and oxygen atoms in total. The van der Waals surface area contributed by atoms with Gasteiger partial charge in [0.2, 0.25) is 5.91 Å². The summed E-state index contributed by atoms with van der Waals surface area (Å²) in [5.41, 5.74) is 2.49. The third-order valence-corrected chi connectivity index (χ3v) is 4.22. The van der Waals surface area contributed by atoms with Gasteiger partial charge >= 0.3 is 0 Å². The van der Waals surface area contributed by atoms with Crippen molar-refractivity contribution in [1.29, 1.82) is 0 Å². The van der Waals surface area contributed by atoms with Crippen LogP contribution < -0.4 is 5.32 Å². The van der Waals surface area contributed by atoms with E-state index in [0.29, 0.717) is 18.2 Å². The average molecular weight is 259 g/mol. The van der Waals surface area contributed by atoms with E-state index >= 15 is 0 Å². The van der Waals surface area contributed by atoms with Crippen molar-refractivity contribution in [2.24, 2.45) is 0 Å². The quantitative estimate of drug-likeness (QED) is 0.871. The highest BCUT2D eigenvalue weighted by Gasteiger charge is 2.27. The predicted molar refractivity (Wildman–Crippen MR) is 76.4 cm³/mol. The molecule has 4 heteroatoms. The third kappa shape index (κ3) is 2.59. The molecule has 102 valence electrons. The summed E-state index contributed by atoms with van der Waals surface area (Å²) in [6.07, 6.45) is 0.633. The molecule has 1 aromatic rings. The van der Waals surface area contributed by atoms with Gasteiger partial charge in [-0.3, -0.25) is 4.79 Å². The fourth-order valence-electron chi connectivity index (χ4n) is 2.93. The lowest BCUT2D eigenvalue weighted by atomic mass is 9.97. The molecule has 0 saturated carbocycles. The van der Waals surface area contributed by atoms with Gasteiger partial charge in [0.15, 0.2) is 0 Å². The van der Waals surface area contributed by atoms with E-state index in [4.69, 9.17) is 0 Å². The number of para-hydroxylation sites is 1. The van der Waals surface area contributed by atoms with Crippen LogP contribution in [-0.2, 0) is 4.79 Å². The maximum atomic E-state index is 12.4. The molecule has 0 spiro atoms. The van der Waals surface area contributed by atoms with E-state index in [-0.39, 0.29) is 0 Å². The number of piperazine rings is 1. The lowest BCUT2D eigenvalue weighted by Gasteiger charge is -2.33. The Morgan fingerprint density at radius 3 is 2.79 bits per heavy atom. The van der Waals surface area contributed by atoms with Crippen molar-refractivity contribution in [1.82, 2.24) is 9.80 Å². The summed E-state index contributed by atoms with van der Waals surface area (Å²) in [6, 6.07) is 8.32. The molecule has 3 rings (SSSR count). The highest BCUT2D eigenvalue weighted by Crippen LogP contribution is 2.33. The molecule has 1 fully saturated rings. The number of hydrogen-bond acceptors (Lipinski definition) is 3. The summed E-state index contributed by atoms with van der Waals surface area (Å²) < 4.78 is 0. The highest BCUT2D eigenvalue weighted by molar-refractivity contribution is 5.78. The van der Waals surface area contributed by atoms with Gasteiger partial charge in [0.1, 0.15) is 0 Å². The summed E-state index contributed by atoms with van der Waals surface area (Å²) in [4.78, 5) is 16.6. The van der Waals surface area contributed by atoms with Crippen LogP contribution in [0.15, 0.2) is 24.3 Å². The minimum absolute atomic E-state index is 0.302. The van der Waals surface area contributed by atoms with Gasteiger partial charge in [-0.15, -0.1) is 0 Å². The maximum Gasteiger partial charge on any atom is 0.223 e. The maximum absolute atomic E-state index is 12.4. The Morgan fingerprint density at radius 1 is 1.26 bits per heavy atom. The topological polar surface area (TPSA) is 35.6 Å². The summed E-state index contributed by atoms with van der Waals surface area (Å²) in [5.74, 6) is 0.639.